The summed E-state index contributed by atoms with van der Waals surface area (Å²) in [6, 6.07) is 0. The minimum absolute atomic E-state index is 0.386. The van der Waals surface area contributed by atoms with Crippen LogP contribution in [0.2, 0.25) is 0 Å². The van der Waals surface area contributed by atoms with E-state index < -0.39 is 12.4 Å². The predicted octanol–water partition coefficient (Wildman–Crippen LogP) is -1.24. The molecule has 14 heavy (non-hydrogen) atoms. The Morgan fingerprint density at radius 2 is 1.79 bits per heavy atom. The van der Waals surface area contributed by atoms with E-state index in [2.05, 4.69) is 0 Å². The van der Waals surface area contributed by atoms with Crippen molar-refractivity contribution < 1.29 is 19.5 Å². The molecule has 1 fully saturated rings. The summed E-state index contributed by atoms with van der Waals surface area (Å²) >= 11 is 0. The van der Waals surface area contributed by atoms with E-state index in [-0.39, 0.29) is 5.91 Å². The number of amides is 2. The second-order valence-electron chi connectivity index (χ2n) is 3.09. The van der Waals surface area contributed by atoms with Crippen LogP contribution in [0.4, 0.5) is 0 Å². The highest BCUT2D eigenvalue weighted by molar-refractivity contribution is 5.93. The van der Waals surface area contributed by atoms with Gasteiger partial charge in [0, 0.05) is 26.2 Å². The van der Waals surface area contributed by atoms with Gasteiger partial charge in [-0.25, -0.2) is 0 Å². The van der Waals surface area contributed by atoms with Crippen LogP contribution in [0.5, 0.6) is 0 Å². The molecule has 0 aliphatic carbocycles. The zero-order valence-electron chi connectivity index (χ0n) is 7.68. The van der Waals surface area contributed by atoms with Crippen molar-refractivity contribution in [2.24, 2.45) is 0 Å². The first-order chi connectivity index (χ1) is 6.63. The molecule has 1 aliphatic rings. The Morgan fingerprint density at radius 3 is 2.21 bits per heavy atom. The zero-order valence-corrected chi connectivity index (χ0v) is 7.68. The van der Waals surface area contributed by atoms with Crippen LogP contribution in [0.3, 0.4) is 0 Å². The summed E-state index contributed by atoms with van der Waals surface area (Å²) in [4.78, 5) is 34.9. The molecule has 1 saturated heterocycles. The molecule has 2 amide bonds. The number of aliphatic carboxylic acids is 1. The molecule has 0 atom stereocenters. The minimum Gasteiger partial charge on any atom is -0.481 e. The maximum absolute atomic E-state index is 11.2. The van der Waals surface area contributed by atoms with E-state index in [1.165, 1.54) is 4.90 Å². The van der Waals surface area contributed by atoms with Gasteiger partial charge in [-0.1, -0.05) is 0 Å². The quantitative estimate of drug-likeness (QED) is 0.456. The van der Waals surface area contributed by atoms with Gasteiger partial charge < -0.3 is 14.9 Å². The molecule has 0 unspecified atom stereocenters. The summed E-state index contributed by atoms with van der Waals surface area (Å²) in [6.07, 6.45) is 0.264. The minimum atomic E-state index is -1.12. The number of rotatable bonds is 3. The SMILES string of the molecule is O=CN1CCN(C(=O)CC(=O)O)CC1. The number of nitrogens with zero attached hydrogens (tertiary/aromatic N) is 2. The summed E-state index contributed by atoms with van der Waals surface area (Å²) < 4.78 is 0. The summed E-state index contributed by atoms with van der Waals surface area (Å²) in [6.45, 7) is 1.80. The Balaban J connectivity index is 2.37. The fraction of sp³-hybridized carbons (Fsp3) is 0.625. The molecule has 0 radical (unpaired) electrons. The van der Waals surface area contributed by atoms with Crippen LogP contribution < -0.4 is 0 Å². The van der Waals surface area contributed by atoms with Gasteiger partial charge in [0.1, 0.15) is 6.42 Å². The number of carbonyl (C=O) groups excluding carboxylic acids is 2. The molecule has 1 rings (SSSR count). The zero-order chi connectivity index (χ0) is 10.6. The van der Waals surface area contributed by atoms with Crippen LogP contribution in [0, 0.1) is 0 Å². The van der Waals surface area contributed by atoms with E-state index in [0.29, 0.717) is 26.2 Å². The number of carbonyl (C=O) groups is 3. The third-order valence-electron chi connectivity index (χ3n) is 2.12. The van der Waals surface area contributed by atoms with Crippen LogP contribution in [0.15, 0.2) is 0 Å². The van der Waals surface area contributed by atoms with Crippen molar-refractivity contribution in [3.8, 4) is 0 Å². The lowest BCUT2D eigenvalue weighted by Gasteiger charge is -2.32. The number of hydrogen-bond donors (Lipinski definition) is 1. The topological polar surface area (TPSA) is 77.9 Å². The molecule has 0 aromatic carbocycles. The van der Waals surface area contributed by atoms with Gasteiger partial charge in [0.05, 0.1) is 0 Å². The van der Waals surface area contributed by atoms with Crippen LogP contribution in [0.1, 0.15) is 6.42 Å². The molecule has 6 nitrogen and oxygen atoms in total. The lowest BCUT2D eigenvalue weighted by atomic mass is 10.3. The van der Waals surface area contributed by atoms with Crippen molar-refractivity contribution in [1.29, 1.82) is 0 Å². The fourth-order valence-electron chi connectivity index (χ4n) is 1.32. The lowest BCUT2D eigenvalue weighted by molar-refractivity contribution is -0.145. The van der Waals surface area contributed by atoms with Crippen molar-refractivity contribution in [1.82, 2.24) is 9.80 Å². The largest absolute Gasteiger partial charge is 0.481 e. The molecule has 1 aliphatic heterocycles. The number of carboxylic acids is 1. The third kappa shape index (κ3) is 2.72. The van der Waals surface area contributed by atoms with Crippen LogP contribution in [0.25, 0.3) is 0 Å². The van der Waals surface area contributed by atoms with Gasteiger partial charge in [0.2, 0.25) is 12.3 Å². The standard InChI is InChI=1S/C8H12N2O4/c11-6-9-1-3-10(4-2-9)7(12)5-8(13)14/h6H,1-5H2,(H,13,14). The fourth-order valence-corrected chi connectivity index (χ4v) is 1.32. The lowest BCUT2D eigenvalue weighted by Crippen LogP contribution is -2.48. The summed E-state index contributed by atoms with van der Waals surface area (Å²) in [7, 11) is 0. The molecule has 0 spiro atoms. The Labute approximate surface area is 81.1 Å². The molecule has 0 saturated carbocycles. The molecule has 78 valence electrons. The van der Waals surface area contributed by atoms with E-state index >= 15 is 0 Å². The molecule has 1 heterocycles. The first-order valence-corrected chi connectivity index (χ1v) is 4.32. The summed E-state index contributed by atoms with van der Waals surface area (Å²) in [5.41, 5.74) is 0. The van der Waals surface area contributed by atoms with Crippen molar-refractivity contribution >= 4 is 18.3 Å². The average Bonchev–Trinajstić information content (AvgIpc) is 2.17. The molecule has 6 heteroatoms. The first kappa shape index (κ1) is 10.5. The van der Waals surface area contributed by atoms with E-state index in [4.69, 9.17) is 5.11 Å². The summed E-state index contributed by atoms with van der Waals surface area (Å²) in [5.74, 6) is -1.50. The smallest absolute Gasteiger partial charge is 0.312 e. The van der Waals surface area contributed by atoms with Gasteiger partial charge in [-0.05, 0) is 0 Å². The summed E-state index contributed by atoms with van der Waals surface area (Å²) in [5, 5.41) is 8.40. The second kappa shape index (κ2) is 4.59. The van der Waals surface area contributed by atoms with Gasteiger partial charge in [-0.15, -0.1) is 0 Å². The van der Waals surface area contributed by atoms with Gasteiger partial charge in [0.15, 0.2) is 0 Å². The number of hydrogen-bond acceptors (Lipinski definition) is 3. The van der Waals surface area contributed by atoms with E-state index in [1.54, 1.807) is 4.90 Å². The van der Waals surface area contributed by atoms with E-state index in [9.17, 15) is 14.4 Å². The number of piperazine rings is 1. The first-order valence-electron chi connectivity index (χ1n) is 4.32. The highest BCUT2D eigenvalue weighted by Crippen LogP contribution is 2.01. The average molecular weight is 200 g/mol. The third-order valence-corrected chi connectivity index (χ3v) is 2.12. The van der Waals surface area contributed by atoms with Crippen LogP contribution >= 0.6 is 0 Å². The van der Waals surface area contributed by atoms with Gasteiger partial charge in [-0.2, -0.15) is 0 Å². The maximum atomic E-state index is 11.2. The van der Waals surface area contributed by atoms with Crippen molar-refractivity contribution in [2.45, 2.75) is 6.42 Å². The van der Waals surface area contributed by atoms with Crippen molar-refractivity contribution in [3.63, 3.8) is 0 Å². The normalized spacial score (nSPS) is 16.6. The Hall–Kier alpha value is -1.59. The molecular formula is C8H12N2O4. The van der Waals surface area contributed by atoms with E-state index in [0.717, 1.165) is 6.41 Å². The van der Waals surface area contributed by atoms with Crippen LogP contribution in [-0.4, -0.2) is 59.4 Å². The Bertz CT molecular complexity index is 246. The van der Waals surface area contributed by atoms with Gasteiger partial charge in [-0.3, -0.25) is 14.4 Å². The van der Waals surface area contributed by atoms with Gasteiger partial charge in [0.25, 0.3) is 0 Å². The maximum Gasteiger partial charge on any atom is 0.312 e. The molecule has 1 N–H and O–H groups in total. The molecular weight excluding hydrogens is 188 g/mol. The van der Waals surface area contributed by atoms with Gasteiger partial charge >= 0.3 is 5.97 Å². The Kier molecular flexibility index (Phi) is 3.44. The second-order valence-corrected chi connectivity index (χ2v) is 3.09. The molecule has 0 aromatic rings. The molecule has 0 bridgehead atoms. The monoisotopic (exact) mass is 200 g/mol. The van der Waals surface area contributed by atoms with Crippen molar-refractivity contribution in [2.75, 3.05) is 26.2 Å². The predicted molar refractivity (Wildman–Crippen MR) is 46.5 cm³/mol. The highest BCUT2D eigenvalue weighted by Gasteiger charge is 2.21. The van der Waals surface area contributed by atoms with Crippen molar-refractivity contribution in [3.05, 3.63) is 0 Å². The van der Waals surface area contributed by atoms with E-state index in [1.807, 2.05) is 0 Å². The van der Waals surface area contributed by atoms with Crippen LogP contribution in [-0.2, 0) is 14.4 Å². The highest BCUT2D eigenvalue weighted by atomic mass is 16.4. The molecule has 0 aromatic heterocycles. The Morgan fingerprint density at radius 1 is 1.21 bits per heavy atom. The number of carboxylic acid groups (broad SMARTS) is 1.